The van der Waals surface area contributed by atoms with Gasteiger partial charge in [0.1, 0.15) is 0 Å². The van der Waals surface area contributed by atoms with Crippen LogP contribution in [0.4, 0.5) is 10.5 Å². The number of urea groups is 1. The van der Waals surface area contributed by atoms with Crippen LogP contribution in [0.5, 0.6) is 5.88 Å². The van der Waals surface area contributed by atoms with Crippen molar-refractivity contribution < 1.29 is 23.4 Å². The zero-order valence-corrected chi connectivity index (χ0v) is 20.1. The number of pyridine rings is 1. The second-order valence-corrected chi connectivity index (χ2v) is 10.4. The van der Waals surface area contributed by atoms with Crippen molar-refractivity contribution in [1.82, 2.24) is 9.71 Å². The molecule has 4 N–H and O–H groups in total. The normalized spacial score (nSPS) is 17.9. The van der Waals surface area contributed by atoms with Crippen LogP contribution < -0.4 is 20.2 Å². The lowest BCUT2D eigenvalue weighted by atomic mass is 9.79. The number of methoxy groups -OCH3 is 1. The quantitative estimate of drug-likeness (QED) is 0.405. The van der Waals surface area contributed by atoms with Gasteiger partial charge in [-0.2, -0.15) is 0 Å². The summed E-state index contributed by atoms with van der Waals surface area (Å²) in [5, 5.41) is 12.8. The van der Waals surface area contributed by atoms with E-state index < -0.39 is 29.2 Å². The third-order valence-electron chi connectivity index (χ3n) is 6.44. The number of hydrogen-bond acceptors (Lipinski definition) is 7. The highest BCUT2D eigenvalue weighted by atomic mass is 32.2. The van der Waals surface area contributed by atoms with Crippen LogP contribution in [-0.4, -0.2) is 34.5 Å². The third kappa shape index (κ3) is 4.38. The van der Waals surface area contributed by atoms with Crippen LogP contribution in [0.3, 0.4) is 0 Å². The Morgan fingerprint density at radius 1 is 1.26 bits per heavy atom. The van der Waals surface area contributed by atoms with Gasteiger partial charge in [-0.25, -0.2) is 23.5 Å². The molecule has 2 amide bonds. The number of carbonyl (C=O) groups is 1. The third-order valence-corrected chi connectivity index (χ3v) is 7.83. The molecule has 2 aliphatic rings. The fraction of sp³-hybridized carbons (Fsp3) is 0.250. The van der Waals surface area contributed by atoms with E-state index in [1.807, 2.05) is 12.1 Å². The number of amides is 2. The number of nitrogens with zero attached hydrogens (tertiary/aromatic N) is 1. The Morgan fingerprint density at radius 3 is 2.89 bits per heavy atom. The van der Waals surface area contributed by atoms with Crippen molar-refractivity contribution >= 4 is 34.2 Å². The molecule has 3 aromatic rings. The molecule has 2 aromatic carbocycles. The standard InChI is InChI=1S/C24H25BN4O5S/c1-14-20-13-17(7-9-21(20)25(31)34-14)35(26,32)29-24(30)28-23-18-5-3-4-15(18)6-8-19(23)16-10-11-27-22(12-16)33-2/h6-14,31H,3-5H2,1-2H3,(H3,26,28,29,30,32). The van der Waals surface area contributed by atoms with Crippen LogP contribution in [0.2, 0.25) is 0 Å². The Bertz CT molecular complexity index is 1430. The maximum Gasteiger partial charge on any atom is 0.491 e. The van der Waals surface area contributed by atoms with E-state index in [9.17, 15) is 14.0 Å². The number of nitrogens with one attached hydrogen (secondary N) is 3. The molecule has 0 saturated carbocycles. The molecule has 180 valence electrons. The average Bonchev–Trinajstić information content (AvgIpc) is 3.43. The summed E-state index contributed by atoms with van der Waals surface area (Å²) in [7, 11) is -3.19. The second-order valence-electron chi connectivity index (χ2n) is 8.60. The minimum Gasteiger partial charge on any atom is -0.481 e. The number of benzene rings is 2. The number of aryl methyl sites for hydroxylation is 1. The van der Waals surface area contributed by atoms with Gasteiger partial charge in [-0.1, -0.05) is 18.2 Å². The van der Waals surface area contributed by atoms with Crippen LogP contribution >= 0.6 is 0 Å². The number of hydrogen-bond donors (Lipinski definition) is 4. The molecular formula is C24H25BN4O5S. The number of fused-ring (bicyclic) bond motifs is 2. The predicted octanol–water partition coefficient (Wildman–Crippen LogP) is 3.17. The van der Waals surface area contributed by atoms with Gasteiger partial charge in [-0.05, 0) is 72.1 Å². The first-order chi connectivity index (χ1) is 16.8. The van der Waals surface area contributed by atoms with Crippen molar-refractivity contribution in [3.8, 4) is 17.0 Å². The van der Waals surface area contributed by atoms with E-state index in [-0.39, 0.29) is 4.90 Å². The summed E-state index contributed by atoms with van der Waals surface area (Å²) in [5.74, 6) is 0.451. The molecule has 1 aromatic heterocycles. The van der Waals surface area contributed by atoms with Crippen LogP contribution in [0.1, 0.15) is 36.1 Å². The predicted molar refractivity (Wildman–Crippen MR) is 133 cm³/mol. The fourth-order valence-electron chi connectivity index (χ4n) is 4.72. The summed E-state index contributed by atoms with van der Waals surface area (Å²) >= 11 is 0. The lowest BCUT2D eigenvalue weighted by Crippen LogP contribution is -2.34. The van der Waals surface area contributed by atoms with Gasteiger partial charge in [-0.3, -0.25) is 0 Å². The molecule has 0 saturated heterocycles. The van der Waals surface area contributed by atoms with Crippen molar-refractivity contribution in [3.63, 3.8) is 0 Å². The Balaban J connectivity index is 1.44. The van der Waals surface area contributed by atoms with Gasteiger partial charge < -0.3 is 19.7 Å². The van der Waals surface area contributed by atoms with Gasteiger partial charge in [0.05, 0.1) is 23.8 Å². The molecule has 0 spiro atoms. The molecular weight excluding hydrogens is 467 g/mol. The van der Waals surface area contributed by atoms with E-state index in [2.05, 4.69) is 21.1 Å². The minimum atomic E-state index is -3.67. The smallest absolute Gasteiger partial charge is 0.481 e. The van der Waals surface area contributed by atoms with E-state index in [1.54, 1.807) is 38.4 Å². The molecule has 35 heavy (non-hydrogen) atoms. The molecule has 2 atom stereocenters. The number of carbonyl (C=O) groups excluding carboxylic acids is 1. The van der Waals surface area contributed by atoms with Gasteiger partial charge in [-0.15, -0.1) is 0 Å². The molecule has 0 fully saturated rings. The zero-order valence-electron chi connectivity index (χ0n) is 19.3. The highest BCUT2D eigenvalue weighted by molar-refractivity contribution is 7.91. The van der Waals surface area contributed by atoms with Gasteiger partial charge >= 0.3 is 13.1 Å². The SMILES string of the molecule is COc1cc(-c2ccc3c(c2NC(=O)NS(=N)(=O)c2ccc4c(c2)C(C)OB4O)CCC3)ccn1. The van der Waals surface area contributed by atoms with E-state index >= 15 is 0 Å². The summed E-state index contributed by atoms with van der Waals surface area (Å²) < 4.78 is 34.6. The zero-order chi connectivity index (χ0) is 24.7. The first kappa shape index (κ1) is 23.3. The summed E-state index contributed by atoms with van der Waals surface area (Å²) in [6, 6.07) is 11.5. The number of ether oxygens (including phenoxy) is 1. The fourth-order valence-corrected chi connectivity index (χ4v) is 5.70. The molecule has 11 heteroatoms. The van der Waals surface area contributed by atoms with E-state index in [0.717, 1.165) is 41.5 Å². The molecule has 2 unspecified atom stereocenters. The lowest BCUT2D eigenvalue weighted by molar-refractivity contribution is 0.209. The molecule has 2 heterocycles. The van der Waals surface area contributed by atoms with Crippen LogP contribution in [0.25, 0.3) is 11.1 Å². The first-order valence-electron chi connectivity index (χ1n) is 11.3. The summed E-state index contributed by atoms with van der Waals surface area (Å²) in [4.78, 5) is 17.3. The molecule has 5 rings (SSSR count). The van der Waals surface area contributed by atoms with Gasteiger partial charge in [0, 0.05) is 17.8 Å². The maximum atomic E-state index is 13.2. The Labute approximate surface area is 204 Å². The summed E-state index contributed by atoms with van der Waals surface area (Å²) in [5.41, 5.74) is 5.63. The monoisotopic (exact) mass is 492 g/mol. The Morgan fingerprint density at radius 2 is 2.09 bits per heavy atom. The number of aromatic nitrogens is 1. The van der Waals surface area contributed by atoms with E-state index in [1.165, 1.54) is 6.07 Å². The van der Waals surface area contributed by atoms with Gasteiger partial charge in [0.15, 0.2) is 9.92 Å². The van der Waals surface area contributed by atoms with Crippen LogP contribution in [0, 0.1) is 4.78 Å². The summed E-state index contributed by atoms with van der Waals surface area (Å²) in [6.07, 6.45) is 3.93. The number of rotatable bonds is 5. The van der Waals surface area contributed by atoms with Crippen molar-refractivity contribution in [3.05, 3.63) is 65.4 Å². The Hall–Kier alpha value is -3.41. The molecule has 9 nitrogen and oxygen atoms in total. The van der Waals surface area contributed by atoms with Crippen LogP contribution in [0.15, 0.2) is 53.6 Å². The number of anilines is 1. The van der Waals surface area contributed by atoms with Crippen LogP contribution in [-0.2, 0) is 27.4 Å². The molecule has 1 aliphatic heterocycles. The van der Waals surface area contributed by atoms with E-state index in [0.29, 0.717) is 22.6 Å². The first-order valence-corrected chi connectivity index (χ1v) is 12.8. The molecule has 1 aliphatic carbocycles. The minimum absolute atomic E-state index is 0.133. The highest BCUT2D eigenvalue weighted by Gasteiger charge is 2.33. The van der Waals surface area contributed by atoms with Crippen molar-refractivity contribution in [1.29, 1.82) is 4.78 Å². The van der Waals surface area contributed by atoms with Gasteiger partial charge in [0.25, 0.3) is 0 Å². The lowest BCUT2D eigenvalue weighted by Gasteiger charge is -2.18. The average molecular weight is 492 g/mol. The van der Waals surface area contributed by atoms with E-state index in [4.69, 9.17) is 14.2 Å². The van der Waals surface area contributed by atoms with Gasteiger partial charge in [0.2, 0.25) is 5.88 Å². The summed E-state index contributed by atoms with van der Waals surface area (Å²) in [6.45, 7) is 1.76. The van der Waals surface area contributed by atoms with Crippen molar-refractivity contribution in [2.75, 3.05) is 12.4 Å². The second kappa shape index (κ2) is 8.99. The molecule has 0 radical (unpaired) electrons. The van der Waals surface area contributed by atoms with Crippen molar-refractivity contribution in [2.24, 2.45) is 0 Å². The van der Waals surface area contributed by atoms with Crippen molar-refractivity contribution in [2.45, 2.75) is 37.2 Å². The molecule has 0 bridgehead atoms. The maximum absolute atomic E-state index is 13.2. The largest absolute Gasteiger partial charge is 0.491 e. The highest BCUT2D eigenvalue weighted by Crippen LogP contribution is 2.38. The topological polar surface area (TPSA) is 134 Å². The Kier molecular flexibility index (Phi) is 6.00.